The molecule has 0 heterocycles. The first-order chi connectivity index (χ1) is 10.7. The summed E-state index contributed by atoms with van der Waals surface area (Å²) in [5.41, 5.74) is 1.56. The summed E-state index contributed by atoms with van der Waals surface area (Å²) in [5.74, 6) is -0.868. The minimum absolute atomic E-state index is 0.373. The normalized spacial score (nSPS) is 10.8. The van der Waals surface area contributed by atoms with Gasteiger partial charge in [0.25, 0.3) is 0 Å². The Morgan fingerprint density at radius 3 is 2.32 bits per heavy atom. The second-order valence-electron chi connectivity index (χ2n) is 5.71. The summed E-state index contributed by atoms with van der Waals surface area (Å²) in [6.45, 7) is 6.52. The van der Waals surface area contributed by atoms with E-state index in [0.717, 1.165) is 23.9 Å². The lowest BCUT2D eigenvalue weighted by Crippen LogP contribution is -2.25. The van der Waals surface area contributed by atoms with Crippen LogP contribution in [-0.2, 0) is 0 Å². The molecule has 0 spiro atoms. The number of unbranched alkanes of at least 4 members (excludes halogenated alkanes) is 2. The van der Waals surface area contributed by atoms with Crippen molar-refractivity contribution in [3.63, 3.8) is 0 Å². The zero-order valence-corrected chi connectivity index (χ0v) is 13.5. The standard InChI is InChI=1S/C19H25NO2/c1-3-5-12-20(13-6-4-2)16-10-11-17-15(14-16)8-7-9-18(17)19(21)22/h7-11,14H,3-6,12-13H2,1-2H3,(H,21,22). The number of rotatable bonds is 8. The Labute approximate surface area is 132 Å². The summed E-state index contributed by atoms with van der Waals surface area (Å²) < 4.78 is 0. The number of hydrogen-bond acceptors (Lipinski definition) is 2. The minimum Gasteiger partial charge on any atom is -0.478 e. The Morgan fingerprint density at radius 1 is 1.05 bits per heavy atom. The SMILES string of the molecule is CCCCN(CCCC)c1ccc2c(C(=O)O)cccc2c1. The quantitative estimate of drug-likeness (QED) is 0.750. The molecular formula is C19H25NO2. The number of aromatic carboxylic acids is 1. The molecule has 0 saturated carbocycles. The number of fused-ring (bicyclic) bond motifs is 1. The molecule has 2 rings (SSSR count). The highest BCUT2D eigenvalue weighted by Gasteiger charge is 2.10. The van der Waals surface area contributed by atoms with Crippen LogP contribution in [0.5, 0.6) is 0 Å². The van der Waals surface area contributed by atoms with Crippen LogP contribution in [0.4, 0.5) is 5.69 Å². The summed E-state index contributed by atoms with van der Waals surface area (Å²) in [4.78, 5) is 13.7. The molecule has 3 heteroatoms. The number of nitrogens with zero attached hydrogens (tertiary/aromatic N) is 1. The van der Waals surface area contributed by atoms with E-state index in [1.54, 1.807) is 6.07 Å². The third-order valence-corrected chi connectivity index (χ3v) is 4.02. The van der Waals surface area contributed by atoms with Gasteiger partial charge in [0.05, 0.1) is 5.56 Å². The number of benzene rings is 2. The van der Waals surface area contributed by atoms with E-state index in [1.165, 1.54) is 31.4 Å². The summed E-state index contributed by atoms with van der Waals surface area (Å²) in [6.07, 6.45) is 4.71. The van der Waals surface area contributed by atoms with Crippen LogP contribution in [0.2, 0.25) is 0 Å². The van der Waals surface area contributed by atoms with Crippen LogP contribution < -0.4 is 4.90 Å². The molecule has 0 unspecified atom stereocenters. The second kappa shape index (κ2) is 7.83. The zero-order chi connectivity index (χ0) is 15.9. The summed E-state index contributed by atoms with van der Waals surface area (Å²) in [5, 5.41) is 11.1. The maximum atomic E-state index is 11.3. The lowest BCUT2D eigenvalue weighted by molar-refractivity contribution is 0.0699. The van der Waals surface area contributed by atoms with Gasteiger partial charge in [0, 0.05) is 18.8 Å². The summed E-state index contributed by atoms with van der Waals surface area (Å²) in [7, 11) is 0. The van der Waals surface area contributed by atoms with E-state index in [-0.39, 0.29) is 0 Å². The van der Waals surface area contributed by atoms with E-state index in [9.17, 15) is 9.90 Å². The lowest BCUT2D eigenvalue weighted by Gasteiger charge is -2.25. The van der Waals surface area contributed by atoms with Crippen molar-refractivity contribution in [2.75, 3.05) is 18.0 Å². The van der Waals surface area contributed by atoms with Gasteiger partial charge in [-0.2, -0.15) is 0 Å². The van der Waals surface area contributed by atoms with Gasteiger partial charge in [-0.15, -0.1) is 0 Å². The zero-order valence-electron chi connectivity index (χ0n) is 13.5. The Bertz CT molecular complexity index is 628. The highest BCUT2D eigenvalue weighted by atomic mass is 16.4. The van der Waals surface area contributed by atoms with Crippen LogP contribution in [0.15, 0.2) is 36.4 Å². The smallest absolute Gasteiger partial charge is 0.336 e. The van der Waals surface area contributed by atoms with Gasteiger partial charge in [-0.25, -0.2) is 4.79 Å². The van der Waals surface area contributed by atoms with Crippen molar-refractivity contribution in [2.24, 2.45) is 0 Å². The molecular weight excluding hydrogens is 274 g/mol. The van der Waals surface area contributed by atoms with Gasteiger partial charge in [-0.1, -0.05) is 44.9 Å². The van der Waals surface area contributed by atoms with Gasteiger partial charge in [-0.3, -0.25) is 0 Å². The van der Waals surface area contributed by atoms with E-state index in [2.05, 4.69) is 30.9 Å². The van der Waals surface area contributed by atoms with E-state index in [1.807, 2.05) is 18.2 Å². The molecule has 0 fully saturated rings. The molecule has 0 atom stereocenters. The van der Waals surface area contributed by atoms with E-state index >= 15 is 0 Å². The van der Waals surface area contributed by atoms with E-state index in [0.29, 0.717) is 5.56 Å². The lowest BCUT2D eigenvalue weighted by atomic mass is 10.0. The Hall–Kier alpha value is -2.03. The number of carboxylic acids is 1. The van der Waals surface area contributed by atoms with Crippen molar-refractivity contribution in [2.45, 2.75) is 39.5 Å². The monoisotopic (exact) mass is 299 g/mol. The Balaban J connectivity index is 2.35. The van der Waals surface area contributed by atoms with Gasteiger partial charge in [0.1, 0.15) is 0 Å². The van der Waals surface area contributed by atoms with Crippen LogP contribution in [0.1, 0.15) is 49.9 Å². The van der Waals surface area contributed by atoms with Crippen molar-refractivity contribution < 1.29 is 9.90 Å². The fourth-order valence-corrected chi connectivity index (χ4v) is 2.72. The first-order valence-corrected chi connectivity index (χ1v) is 8.18. The first-order valence-electron chi connectivity index (χ1n) is 8.18. The van der Waals surface area contributed by atoms with E-state index in [4.69, 9.17) is 0 Å². The number of carboxylic acid groups (broad SMARTS) is 1. The highest BCUT2D eigenvalue weighted by Crippen LogP contribution is 2.25. The fourth-order valence-electron chi connectivity index (χ4n) is 2.72. The molecule has 1 N–H and O–H groups in total. The van der Waals surface area contributed by atoms with Crippen molar-refractivity contribution in [1.82, 2.24) is 0 Å². The Morgan fingerprint density at radius 2 is 1.73 bits per heavy atom. The molecule has 0 amide bonds. The van der Waals surface area contributed by atoms with Crippen molar-refractivity contribution in [1.29, 1.82) is 0 Å². The average molecular weight is 299 g/mol. The van der Waals surface area contributed by atoms with Gasteiger partial charge in [0.2, 0.25) is 0 Å². The van der Waals surface area contributed by atoms with Crippen molar-refractivity contribution in [3.05, 3.63) is 42.0 Å². The molecule has 0 bridgehead atoms. The van der Waals surface area contributed by atoms with Gasteiger partial charge in [-0.05, 0) is 41.8 Å². The molecule has 3 nitrogen and oxygen atoms in total. The van der Waals surface area contributed by atoms with Gasteiger partial charge >= 0.3 is 5.97 Å². The van der Waals surface area contributed by atoms with Gasteiger partial charge < -0.3 is 10.0 Å². The first kappa shape index (κ1) is 16.3. The molecule has 0 radical (unpaired) electrons. The molecule has 0 aliphatic heterocycles. The van der Waals surface area contributed by atoms with Crippen molar-refractivity contribution in [3.8, 4) is 0 Å². The number of carbonyl (C=O) groups is 1. The van der Waals surface area contributed by atoms with Crippen LogP contribution >= 0.6 is 0 Å². The Kier molecular flexibility index (Phi) is 5.82. The average Bonchev–Trinajstić information content (AvgIpc) is 2.53. The minimum atomic E-state index is -0.868. The summed E-state index contributed by atoms with van der Waals surface area (Å²) in [6, 6.07) is 11.6. The predicted octanol–water partition coefficient (Wildman–Crippen LogP) is 4.94. The van der Waals surface area contributed by atoms with Crippen LogP contribution in [0, 0.1) is 0 Å². The van der Waals surface area contributed by atoms with Crippen LogP contribution in [0.3, 0.4) is 0 Å². The molecule has 22 heavy (non-hydrogen) atoms. The molecule has 0 aromatic heterocycles. The molecule has 118 valence electrons. The van der Waals surface area contributed by atoms with E-state index < -0.39 is 5.97 Å². The summed E-state index contributed by atoms with van der Waals surface area (Å²) >= 11 is 0. The third kappa shape index (κ3) is 3.79. The van der Waals surface area contributed by atoms with Crippen LogP contribution in [0.25, 0.3) is 10.8 Å². The van der Waals surface area contributed by atoms with Crippen molar-refractivity contribution >= 4 is 22.4 Å². The maximum Gasteiger partial charge on any atom is 0.336 e. The molecule has 0 aliphatic carbocycles. The molecule has 2 aromatic carbocycles. The predicted molar refractivity (Wildman–Crippen MR) is 92.9 cm³/mol. The molecule has 0 saturated heterocycles. The fraction of sp³-hybridized carbons (Fsp3) is 0.421. The molecule has 2 aromatic rings. The topological polar surface area (TPSA) is 40.5 Å². The second-order valence-corrected chi connectivity index (χ2v) is 5.71. The largest absolute Gasteiger partial charge is 0.478 e. The van der Waals surface area contributed by atoms with Crippen LogP contribution in [-0.4, -0.2) is 24.2 Å². The van der Waals surface area contributed by atoms with Gasteiger partial charge in [0.15, 0.2) is 0 Å². The third-order valence-electron chi connectivity index (χ3n) is 4.02. The number of hydrogen-bond donors (Lipinski definition) is 1. The maximum absolute atomic E-state index is 11.3. The number of anilines is 1. The molecule has 0 aliphatic rings. The highest BCUT2D eigenvalue weighted by molar-refractivity contribution is 6.04.